The van der Waals surface area contributed by atoms with E-state index in [1.54, 1.807) is 0 Å². The van der Waals surface area contributed by atoms with Crippen LogP contribution in [0.5, 0.6) is 0 Å². The normalized spacial score (nSPS) is 31.0. The summed E-state index contributed by atoms with van der Waals surface area (Å²) in [7, 11) is 0. The number of hydrogen-bond donors (Lipinski definition) is 2. The lowest BCUT2D eigenvalue weighted by Crippen LogP contribution is -2.62. The standard InChI is InChI=1S/C18H36N6.HI/c1-4-19-18(21-16-5-7-23(8-6-16)15(2)3)20-13-17-14-22-9-11-24(17)12-10-22;/h15-17H,4-14H2,1-3H3,(H2,19,20,21);1H. The van der Waals surface area contributed by atoms with Gasteiger partial charge in [-0.05, 0) is 33.6 Å². The Hall–Kier alpha value is -0.120. The largest absolute Gasteiger partial charge is 0.357 e. The fraction of sp³-hybridized carbons (Fsp3) is 0.944. The Kier molecular flexibility index (Phi) is 8.71. The molecular formula is C18H37IN6. The molecule has 1 atom stereocenters. The minimum Gasteiger partial charge on any atom is -0.357 e. The van der Waals surface area contributed by atoms with Crippen LogP contribution < -0.4 is 10.6 Å². The van der Waals surface area contributed by atoms with Gasteiger partial charge in [-0.25, -0.2) is 0 Å². The predicted molar refractivity (Wildman–Crippen MR) is 116 cm³/mol. The quantitative estimate of drug-likeness (QED) is 0.362. The molecule has 1 unspecified atom stereocenters. The summed E-state index contributed by atoms with van der Waals surface area (Å²) in [5.74, 6) is 1.01. The first-order chi connectivity index (χ1) is 11.7. The highest BCUT2D eigenvalue weighted by molar-refractivity contribution is 14.0. The molecule has 0 radical (unpaired) electrons. The summed E-state index contributed by atoms with van der Waals surface area (Å²) in [4.78, 5) is 12.7. The molecule has 4 aliphatic rings. The zero-order valence-corrected chi connectivity index (χ0v) is 18.5. The minimum absolute atomic E-state index is 0. The second-order valence-corrected chi connectivity index (χ2v) is 7.76. The first kappa shape index (κ1) is 21.2. The summed E-state index contributed by atoms with van der Waals surface area (Å²) in [5, 5.41) is 7.12. The van der Waals surface area contributed by atoms with E-state index in [1.165, 1.54) is 58.7 Å². The van der Waals surface area contributed by atoms with Crippen molar-refractivity contribution in [1.82, 2.24) is 25.3 Å². The van der Waals surface area contributed by atoms with E-state index in [1.807, 2.05) is 0 Å². The third-order valence-corrected chi connectivity index (χ3v) is 5.80. The van der Waals surface area contributed by atoms with Gasteiger partial charge < -0.3 is 15.5 Å². The lowest BCUT2D eigenvalue weighted by molar-refractivity contribution is 0.0174. The first-order valence-corrected chi connectivity index (χ1v) is 9.91. The molecule has 0 aliphatic carbocycles. The summed E-state index contributed by atoms with van der Waals surface area (Å²) >= 11 is 0. The van der Waals surface area contributed by atoms with Crippen molar-refractivity contribution in [2.45, 2.75) is 51.7 Å². The number of likely N-dealkylation sites (tertiary alicyclic amines) is 1. The molecular weight excluding hydrogens is 427 g/mol. The number of halogens is 1. The van der Waals surface area contributed by atoms with Gasteiger partial charge in [-0.15, -0.1) is 24.0 Å². The SMILES string of the molecule is CCNC(=NCC1CN2CCN1CC2)NC1CCN(C(C)C)CC1.I. The molecule has 6 nitrogen and oxygen atoms in total. The number of guanidine groups is 1. The molecule has 4 fully saturated rings. The minimum atomic E-state index is 0. The van der Waals surface area contributed by atoms with Crippen LogP contribution in [0.25, 0.3) is 0 Å². The van der Waals surface area contributed by atoms with Crippen LogP contribution in [0.4, 0.5) is 0 Å². The van der Waals surface area contributed by atoms with Gasteiger partial charge in [0.1, 0.15) is 0 Å². The maximum absolute atomic E-state index is 4.92. The molecule has 2 bridgehead atoms. The van der Waals surface area contributed by atoms with Crippen LogP contribution >= 0.6 is 24.0 Å². The van der Waals surface area contributed by atoms with Crippen molar-refractivity contribution in [3.05, 3.63) is 0 Å². The van der Waals surface area contributed by atoms with E-state index in [-0.39, 0.29) is 24.0 Å². The Morgan fingerprint density at radius 1 is 1.08 bits per heavy atom. The molecule has 0 saturated carbocycles. The Bertz CT molecular complexity index is 414. The Morgan fingerprint density at radius 3 is 2.28 bits per heavy atom. The highest BCUT2D eigenvalue weighted by Gasteiger charge is 2.31. The van der Waals surface area contributed by atoms with Gasteiger partial charge in [0.15, 0.2) is 5.96 Å². The second kappa shape index (κ2) is 10.3. The number of piperidine rings is 1. The fourth-order valence-corrected chi connectivity index (χ4v) is 4.17. The monoisotopic (exact) mass is 464 g/mol. The van der Waals surface area contributed by atoms with E-state index >= 15 is 0 Å². The summed E-state index contributed by atoms with van der Waals surface area (Å²) < 4.78 is 0. The second-order valence-electron chi connectivity index (χ2n) is 7.76. The van der Waals surface area contributed by atoms with Crippen molar-refractivity contribution in [2.24, 2.45) is 4.99 Å². The van der Waals surface area contributed by atoms with Gasteiger partial charge in [0.05, 0.1) is 6.54 Å². The number of fused-ring (bicyclic) bond motifs is 3. The molecule has 0 aromatic heterocycles. The summed E-state index contributed by atoms with van der Waals surface area (Å²) in [5.41, 5.74) is 0. The van der Waals surface area contributed by atoms with Gasteiger partial charge >= 0.3 is 0 Å². The summed E-state index contributed by atoms with van der Waals surface area (Å²) in [6, 6.07) is 1.83. The Labute approximate surface area is 170 Å². The maximum Gasteiger partial charge on any atom is 0.191 e. The smallest absolute Gasteiger partial charge is 0.191 e. The average molecular weight is 464 g/mol. The van der Waals surface area contributed by atoms with Crippen molar-refractivity contribution < 1.29 is 0 Å². The van der Waals surface area contributed by atoms with E-state index in [2.05, 4.69) is 46.1 Å². The number of nitrogens with one attached hydrogen (secondary N) is 2. The molecule has 2 N–H and O–H groups in total. The molecule has 4 saturated heterocycles. The molecule has 0 aromatic carbocycles. The Balaban J connectivity index is 0.00000225. The van der Waals surface area contributed by atoms with E-state index in [0.717, 1.165) is 19.0 Å². The average Bonchev–Trinajstić information content (AvgIpc) is 2.61. The lowest BCUT2D eigenvalue weighted by Gasteiger charge is -2.47. The maximum atomic E-state index is 4.92. The number of nitrogens with zero attached hydrogens (tertiary/aromatic N) is 4. The fourth-order valence-electron chi connectivity index (χ4n) is 4.17. The van der Waals surface area contributed by atoms with Crippen molar-refractivity contribution in [1.29, 1.82) is 0 Å². The highest BCUT2D eigenvalue weighted by Crippen LogP contribution is 2.16. The van der Waals surface area contributed by atoms with Crippen LogP contribution in [0, 0.1) is 0 Å². The van der Waals surface area contributed by atoms with Gasteiger partial charge in [0, 0.05) is 70.5 Å². The van der Waals surface area contributed by atoms with Crippen LogP contribution in [0.1, 0.15) is 33.6 Å². The van der Waals surface area contributed by atoms with Gasteiger partial charge in [0.25, 0.3) is 0 Å². The van der Waals surface area contributed by atoms with Crippen molar-refractivity contribution >= 4 is 29.9 Å². The lowest BCUT2D eigenvalue weighted by atomic mass is 10.0. The zero-order valence-electron chi connectivity index (χ0n) is 16.2. The topological polar surface area (TPSA) is 46.1 Å². The number of rotatable bonds is 5. The van der Waals surface area contributed by atoms with Crippen LogP contribution in [0.15, 0.2) is 4.99 Å². The molecule has 146 valence electrons. The van der Waals surface area contributed by atoms with Crippen molar-refractivity contribution in [3.8, 4) is 0 Å². The van der Waals surface area contributed by atoms with Gasteiger partial charge in [-0.2, -0.15) is 0 Å². The molecule has 4 heterocycles. The molecule has 25 heavy (non-hydrogen) atoms. The van der Waals surface area contributed by atoms with Gasteiger partial charge in [-0.1, -0.05) is 0 Å². The van der Waals surface area contributed by atoms with E-state index < -0.39 is 0 Å². The summed E-state index contributed by atoms with van der Waals surface area (Å²) in [6.45, 7) is 17.1. The first-order valence-electron chi connectivity index (χ1n) is 9.91. The van der Waals surface area contributed by atoms with Gasteiger partial charge in [-0.3, -0.25) is 14.8 Å². The zero-order chi connectivity index (χ0) is 16.9. The highest BCUT2D eigenvalue weighted by atomic mass is 127. The molecule has 4 rings (SSSR count). The molecule has 7 heteroatoms. The van der Waals surface area contributed by atoms with Gasteiger partial charge in [0.2, 0.25) is 0 Å². The molecule has 4 aliphatic heterocycles. The van der Waals surface area contributed by atoms with E-state index in [9.17, 15) is 0 Å². The predicted octanol–water partition coefficient (Wildman–Crippen LogP) is 1.03. The van der Waals surface area contributed by atoms with Crippen LogP contribution in [0.3, 0.4) is 0 Å². The number of piperazine rings is 3. The number of hydrogen-bond acceptors (Lipinski definition) is 4. The van der Waals surface area contributed by atoms with Crippen LogP contribution in [-0.2, 0) is 0 Å². The van der Waals surface area contributed by atoms with Crippen molar-refractivity contribution in [2.75, 3.05) is 58.9 Å². The number of aliphatic imine (C=N–C) groups is 1. The third kappa shape index (κ3) is 5.94. The van der Waals surface area contributed by atoms with E-state index in [0.29, 0.717) is 18.1 Å². The molecule has 0 amide bonds. The Morgan fingerprint density at radius 2 is 1.76 bits per heavy atom. The van der Waals surface area contributed by atoms with Crippen molar-refractivity contribution in [3.63, 3.8) is 0 Å². The molecule has 0 aromatic rings. The third-order valence-electron chi connectivity index (χ3n) is 5.80. The van der Waals surface area contributed by atoms with Crippen LogP contribution in [-0.4, -0.2) is 97.7 Å². The van der Waals surface area contributed by atoms with E-state index in [4.69, 9.17) is 4.99 Å². The van der Waals surface area contributed by atoms with Crippen LogP contribution in [0.2, 0.25) is 0 Å². The molecule has 0 spiro atoms. The summed E-state index contributed by atoms with van der Waals surface area (Å²) in [6.07, 6.45) is 2.43.